The van der Waals surface area contributed by atoms with Crippen LogP contribution in [0.25, 0.3) is 10.9 Å². The van der Waals surface area contributed by atoms with Crippen LogP contribution in [0.3, 0.4) is 0 Å². The molecule has 0 saturated carbocycles. The fourth-order valence-corrected chi connectivity index (χ4v) is 4.41. The highest BCUT2D eigenvalue weighted by Crippen LogP contribution is 2.46. The summed E-state index contributed by atoms with van der Waals surface area (Å²) in [6.07, 6.45) is 2.38. The molecule has 1 aliphatic heterocycles. The number of aromatic nitrogens is 1. The SMILES string of the molecule is CN1CC2CCc3[nH]c4c(Cl)ccc(Cl)c4c3C2C1. The maximum Gasteiger partial charge on any atom is 0.0663 e. The predicted octanol–water partition coefficient (Wildman–Crippen LogP) is 4.07. The Hall–Kier alpha value is -0.700. The first kappa shape index (κ1) is 12.1. The quantitative estimate of drug-likeness (QED) is 0.776. The molecule has 2 aromatic rings. The molecule has 2 unspecified atom stereocenters. The summed E-state index contributed by atoms with van der Waals surface area (Å²) in [5.41, 5.74) is 3.80. The van der Waals surface area contributed by atoms with E-state index in [0.717, 1.165) is 39.8 Å². The maximum atomic E-state index is 6.44. The second-order valence-corrected chi connectivity index (χ2v) is 6.74. The first-order chi connectivity index (χ1) is 9.15. The number of aryl methyl sites for hydroxylation is 1. The summed E-state index contributed by atoms with van der Waals surface area (Å²) in [5, 5.41) is 2.76. The number of benzene rings is 1. The summed E-state index contributed by atoms with van der Waals surface area (Å²) in [6, 6.07) is 3.80. The van der Waals surface area contributed by atoms with Crippen molar-refractivity contribution in [1.82, 2.24) is 9.88 Å². The molecule has 1 N–H and O–H groups in total. The normalized spacial score (nSPS) is 26.7. The molecule has 2 heterocycles. The predicted molar refractivity (Wildman–Crippen MR) is 80.4 cm³/mol. The number of likely N-dealkylation sites (tertiary alicyclic amines) is 1. The number of halogens is 2. The molecule has 0 radical (unpaired) electrons. The molecule has 0 bridgehead atoms. The van der Waals surface area contributed by atoms with Crippen LogP contribution >= 0.6 is 23.2 Å². The number of likely N-dealkylation sites (N-methyl/N-ethyl adjacent to an activating group) is 1. The van der Waals surface area contributed by atoms with Gasteiger partial charge in [-0.25, -0.2) is 0 Å². The van der Waals surface area contributed by atoms with Crippen LogP contribution in [0, 0.1) is 5.92 Å². The largest absolute Gasteiger partial charge is 0.357 e. The lowest BCUT2D eigenvalue weighted by molar-refractivity contribution is 0.386. The Kier molecular flexibility index (Phi) is 2.63. The Bertz CT molecular complexity index is 662. The Morgan fingerprint density at radius 1 is 1.21 bits per heavy atom. The smallest absolute Gasteiger partial charge is 0.0663 e. The first-order valence-corrected chi connectivity index (χ1v) is 7.57. The van der Waals surface area contributed by atoms with E-state index in [-0.39, 0.29) is 0 Å². The van der Waals surface area contributed by atoms with Gasteiger partial charge in [-0.1, -0.05) is 23.2 Å². The van der Waals surface area contributed by atoms with Gasteiger partial charge in [0, 0.05) is 30.1 Å². The number of nitrogens with one attached hydrogen (secondary N) is 1. The molecule has 1 aromatic heterocycles. The highest BCUT2D eigenvalue weighted by atomic mass is 35.5. The van der Waals surface area contributed by atoms with Gasteiger partial charge >= 0.3 is 0 Å². The van der Waals surface area contributed by atoms with Crippen molar-refractivity contribution < 1.29 is 0 Å². The van der Waals surface area contributed by atoms with Gasteiger partial charge in [0.15, 0.2) is 0 Å². The lowest BCUT2D eigenvalue weighted by atomic mass is 9.79. The summed E-state index contributed by atoms with van der Waals surface area (Å²) in [4.78, 5) is 5.95. The lowest BCUT2D eigenvalue weighted by Gasteiger charge is -2.25. The van der Waals surface area contributed by atoms with Gasteiger partial charge in [-0.3, -0.25) is 0 Å². The van der Waals surface area contributed by atoms with Crippen molar-refractivity contribution in [2.24, 2.45) is 5.92 Å². The van der Waals surface area contributed by atoms with Gasteiger partial charge in [0.25, 0.3) is 0 Å². The summed E-state index contributed by atoms with van der Waals surface area (Å²) in [5.74, 6) is 1.38. The summed E-state index contributed by atoms with van der Waals surface area (Å²) in [7, 11) is 2.21. The Labute approximate surface area is 122 Å². The minimum absolute atomic E-state index is 0.610. The zero-order valence-electron chi connectivity index (χ0n) is 10.8. The average Bonchev–Trinajstić information content (AvgIpc) is 2.93. The Balaban J connectivity index is 2.00. The number of rotatable bonds is 0. The van der Waals surface area contributed by atoms with E-state index in [9.17, 15) is 0 Å². The maximum absolute atomic E-state index is 6.44. The van der Waals surface area contributed by atoms with Crippen LogP contribution in [-0.4, -0.2) is 30.0 Å². The van der Waals surface area contributed by atoms with Crippen molar-refractivity contribution in [1.29, 1.82) is 0 Å². The Morgan fingerprint density at radius 3 is 2.84 bits per heavy atom. The molecule has 4 rings (SSSR count). The molecule has 1 aliphatic carbocycles. The number of nitrogens with zero attached hydrogens (tertiary/aromatic N) is 1. The van der Waals surface area contributed by atoms with E-state index in [4.69, 9.17) is 23.2 Å². The van der Waals surface area contributed by atoms with Gasteiger partial charge in [-0.15, -0.1) is 0 Å². The topological polar surface area (TPSA) is 19.0 Å². The highest BCUT2D eigenvalue weighted by molar-refractivity contribution is 6.40. The fraction of sp³-hybridized carbons (Fsp3) is 0.467. The zero-order chi connectivity index (χ0) is 13.1. The van der Waals surface area contributed by atoms with E-state index in [1.807, 2.05) is 12.1 Å². The van der Waals surface area contributed by atoms with Gasteiger partial charge < -0.3 is 9.88 Å². The second-order valence-electron chi connectivity index (χ2n) is 5.92. The molecule has 0 spiro atoms. The van der Waals surface area contributed by atoms with Crippen molar-refractivity contribution in [2.75, 3.05) is 20.1 Å². The molecule has 1 saturated heterocycles. The van der Waals surface area contributed by atoms with E-state index >= 15 is 0 Å². The summed E-state index contributed by atoms with van der Waals surface area (Å²) in [6.45, 7) is 2.34. The number of H-pyrrole nitrogens is 1. The van der Waals surface area contributed by atoms with Crippen LogP contribution in [0.1, 0.15) is 23.6 Å². The van der Waals surface area contributed by atoms with Crippen LogP contribution in [0.2, 0.25) is 10.0 Å². The van der Waals surface area contributed by atoms with E-state index in [1.54, 1.807) is 0 Å². The lowest BCUT2D eigenvalue weighted by Crippen LogP contribution is -2.18. The minimum atomic E-state index is 0.610. The molecule has 1 aromatic carbocycles. The van der Waals surface area contributed by atoms with Gasteiger partial charge in [-0.05, 0) is 43.5 Å². The van der Waals surface area contributed by atoms with Crippen molar-refractivity contribution in [3.05, 3.63) is 33.4 Å². The third kappa shape index (κ3) is 1.67. The van der Waals surface area contributed by atoms with Gasteiger partial charge in [0.2, 0.25) is 0 Å². The molecular weight excluding hydrogens is 279 g/mol. The monoisotopic (exact) mass is 294 g/mol. The number of hydrogen-bond acceptors (Lipinski definition) is 1. The standard InChI is InChI=1S/C15H16Cl2N2/c1-19-6-8-2-5-12-13(9(8)7-19)14-10(16)3-4-11(17)15(14)18-12/h3-4,8-9,18H,2,5-7H2,1H3. The molecule has 0 amide bonds. The van der Waals surface area contributed by atoms with Crippen molar-refractivity contribution in [3.63, 3.8) is 0 Å². The van der Waals surface area contributed by atoms with E-state index in [0.29, 0.717) is 5.92 Å². The Morgan fingerprint density at radius 2 is 2.00 bits per heavy atom. The molecule has 2 atom stereocenters. The average molecular weight is 295 g/mol. The number of hydrogen-bond donors (Lipinski definition) is 1. The molecule has 2 nitrogen and oxygen atoms in total. The summed E-state index contributed by atoms with van der Waals surface area (Å²) >= 11 is 12.8. The first-order valence-electron chi connectivity index (χ1n) is 6.82. The van der Waals surface area contributed by atoms with Crippen LogP contribution in [0.15, 0.2) is 12.1 Å². The van der Waals surface area contributed by atoms with Gasteiger partial charge in [-0.2, -0.15) is 0 Å². The highest BCUT2D eigenvalue weighted by Gasteiger charge is 2.38. The van der Waals surface area contributed by atoms with E-state index < -0.39 is 0 Å². The van der Waals surface area contributed by atoms with Crippen molar-refractivity contribution in [2.45, 2.75) is 18.8 Å². The molecule has 4 heteroatoms. The third-order valence-electron chi connectivity index (χ3n) is 4.73. The molecule has 2 aliphatic rings. The number of aromatic amines is 1. The molecular formula is C15H16Cl2N2. The fourth-order valence-electron chi connectivity index (χ4n) is 3.95. The van der Waals surface area contributed by atoms with Crippen molar-refractivity contribution >= 4 is 34.1 Å². The minimum Gasteiger partial charge on any atom is -0.357 e. The van der Waals surface area contributed by atoms with Crippen molar-refractivity contribution in [3.8, 4) is 0 Å². The van der Waals surface area contributed by atoms with Crippen LogP contribution in [0.5, 0.6) is 0 Å². The van der Waals surface area contributed by atoms with Gasteiger partial charge in [0.1, 0.15) is 0 Å². The third-order valence-corrected chi connectivity index (χ3v) is 5.36. The summed E-state index contributed by atoms with van der Waals surface area (Å²) < 4.78 is 0. The van der Waals surface area contributed by atoms with Crippen LogP contribution < -0.4 is 0 Å². The van der Waals surface area contributed by atoms with Gasteiger partial charge in [0.05, 0.1) is 15.6 Å². The molecule has 100 valence electrons. The zero-order valence-corrected chi connectivity index (χ0v) is 12.4. The van der Waals surface area contributed by atoms with Crippen LogP contribution in [-0.2, 0) is 6.42 Å². The molecule has 1 fully saturated rings. The van der Waals surface area contributed by atoms with Crippen LogP contribution in [0.4, 0.5) is 0 Å². The molecule has 19 heavy (non-hydrogen) atoms. The second kappa shape index (κ2) is 4.15. The van der Waals surface area contributed by atoms with E-state index in [1.165, 1.54) is 24.2 Å². The number of fused-ring (bicyclic) bond motifs is 5. The van der Waals surface area contributed by atoms with E-state index in [2.05, 4.69) is 16.9 Å².